The topological polar surface area (TPSA) is 129 Å². The van der Waals surface area contributed by atoms with Gasteiger partial charge in [0.2, 0.25) is 5.91 Å². The Hall–Kier alpha value is -3.98. The van der Waals surface area contributed by atoms with Crippen molar-refractivity contribution in [3.63, 3.8) is 0 Å². The number of nitrogens with one attached hydrogen (secondary N) is 2. The van der Waals surface area contributed by atoms with Gasteiger partial charge in [-0.2, -0.15) is 0 Å². The first-order chi connectivity index (χ1) is 15.9. The third-order valence-corrected chi connectivity index (χ3v) is 5.85. The fourth-order valence-corrected chi connectivity index (χ4v) is 4.18. The van der Waals surface area contributed by atoms with Crippen molar-refractivity contribution in [1.29, 1.82) is 0 Å². The summed E-state index contributed by atoms with van der Waals surface area (Å²) in [7, 11) is 1.23. The van der Waals surface area contributed by atoms with Crippen LogP contribution >= 0.6 is 0 Å². The Bertz CT molecular complexity index is 1210. The second-order valence-corrected chi connectivity index (χ2v) is 7.85. The van der Waals surface area contributed by atoms with E-state index in [4.69, 9.17) is 9.94 Å². The summed E-state index contributed by atoms with van der Waals surface area (Å²) in [6.07, 6.45) is 3.30. The smallest absolute Gasteiger partial charge is 0.329 e. The normalized spacial score (nSPS) is 13.8. The lowest BCUT2D eigenvalue weighted by Gasteiger charge is -2.23. The fraction of sp³-hybridized carbons (Fsp3) is 0.250. The number of carbonyl (C=O) groups is 4. The molecule has 0 fully saturated rings. The number of esters is 1. The van der Waals surface area contributed by atoms with Crippen molar-refractivity contribution >= 4 is 34.6 Å². The van der Waals surface area contributed by atoms with Crippen molar-refractivity contribution in [3.8, 4) is 0 Å². The van der Waals surface area contributed by atoms with E-state index in [1.165, 1.54) is 7.11 Å². The maximum Gasteiger partial charge on any atom is 0.329 e. The molecule has 33 heavy (non-hydrogen) atoms. The van der Waals surface area contributed by atoms with Gasteiger partial charge in [0.1, 0.15) is 6.04 Å². The standard InChI is InChI=1S/C24H23N3O6/c1-33-24(31)20(27-22(29)17-6-2-3-7-18(17)23(27)30)12-15-13-25-19-11-14(9-10-16(15)19)5-4-8-21(28)26-32/h2-3,6-7,9-11,13,20,25,32H,4-5,8,12H2,1H3,(H,26,28). The summed E-state index contributed by atoms with van der Waals surface area (Å²) in [5, 5.41) is 9.44. The largest absolute Gasteiger partial charge is 0.467 e. The van der Waals surface area contributed by atoms with Gasteiger partial charge in [-0.3, -0.25) is 24.5 Å². The van der Waals surface area contributed by atoms with Crippen LogP contribution in [0.4, 0.5) is 0 Å². The zero-order valence-corrected chi connectivity index (χ0v) is 18.0. The number of aryl methyl sites for hydroxylation is 1. The number of imide groups is 1. The van der Waals surface area contributed by atoms with E-state index in [0.29, 0.717) is 12.8 Å². The van der Waals surface area contributed by atoms with Crippen LogP contribution in [-0.4, -0.2) is 51.9 Å². The predicted octanol–water partition coefficient (Wildman–Crippen LogP) is 2.38. The molecule has 3 aromatic rings. The zero-order valence-electron chi connectivity index (χ0n) is 18.0. The molecule has 2 heterocycles. The summed E-state index contributed by atoms with van der Waals surface area (Å²) in [6.45, 7) is 0. The number of aromatic nitrogens is 1. The van der Waals surface area contributed by atoms with Crippen LogP contribution in [0.25, 0.3) is 10.9 Å². The molecule has 0 bridgehead atoms. The highest BCUT2D eigenvalue weighted by molar-refractivity contribution is 6.22. The molecule has 1 atom stereocenters. The van der Waals surface area contributed by atoms with Crippen LogP contribution in [0, 0.1) is 0 Å². The van der Waals surface area contributed by atoms with Gasteiger partial charge in [0.15, 0.2) is 0 Å². The van der Waals surface area contributed by atoms with Crippen molar-refractivity contribution in [2.75, 3.05) is 7.11 Å². The minimum absolute atomic E-state index is 0.105. The summed E-state index contributed by atoms with van der Waals surface area (Å²) in [5.41, 5.74) is 4.77. The number of methoxy groups -OCH3 is 1. The monoisotopic (exact) mass is 449 g/mol. The molecule has 0 radical (unpaired) electrons. The highest BCUT2D eigenvalue weighted by Gasteiger charge is 2.43. The van der Waals surface area contributed by atoms with Gasteiger partial charge < -0.3 is 9.72 Å². The van der Waals surface area contributed by atoms with Gasteiger partial charge in [0.05, 0.1) is 18.2 Å². The Morgan fingerprint density at radius 2 is 1.82 bits per heavy atom. The Kier molecular flexibility index (Phi) is 6.23. The van der Waals surface area contributed by atoms with Crippen LogP contribution < -0.4 is 5.48 Å². The molecular formula is C24H23N3O6. The van der Waals surface area contributed by atoms with Gasteiger partial charge in [-0.25, -0.2) is 10.3 Å². The average molecular weight is 449 g/mol. The maximum absolute atomic E-state index is 12.9. The van der Waals surface area contributed by atoms with E-state index in [9.17, 15) is 19.2 Å². The summed E-state index contributed by atoms with van der Waals surface area (Å²) in [6, 6.07) is 11.2. The van der Waals surface area contributed by atoms with Crippen molar-refractivity contribution in [2.45, 2.75) is 31.7 Å². The quantitative estimate of drug-likeness (QED) is 0.210. The van der Waals surface area contributed by atoms with E-state index in [1.54, 1.807) is 35.9 Å². The minimum Gasteiger partial charge on any atom is -0.467 e. The highest BCUT2D eigenvalue weighted by atomic mass is 16.5. The van der Waals surface area contributed by atoms with Gasteiger partial charge in [-0.05, 0) is 42.2 Å². The van der Waals surface area contributed by atoms with E-state index >= 15 is 0 Å². The molecule has 4 rings (SSSR count). The third-order valence-electron chi connectivity index (χ3n) is 5.85. The molecule has 0 saturated heterocycles. The Balaban J connectivity index is 1.57. The number of carbonyl (C=O) groups excluding carboxylic acids is 4. The molecule has 0 aliphatic carbocycles. The number of rotatable bonds is 8. The summed E-state index contributed by atoms with van der Waals surface area (Å²) < 4.78 is 4.93. The van der Waals surface area contributed by atoms with Gasteiger partial charge in [-0.15, -0.1) is 0 Å². The molecule has 3 amide bonds. The first kappa shape index (κ1) is 22.2. The number of aromatic amines is 1. The lowest BCUT2D eigenvalue weighted by atomic mass is 10.0. The third kappa shape index (κ3) is 4.22. The van der Waals surface area contributed by atoms with Gasteiger partial charge in [0, 0.05) is 29.9 Å². The SMILES string of the molecule is COC(=O)C(Cc1c[nH]c2cc(CCCC(=O)NO)ccc12)N1C(=O)c2ccccc2C1=O. The molecule has 1 unspecified atom stereocenters. The predicted molar refractivity (Wildman–Crippen MR) is 118 cm³/mol. The average Bonchev–Trinajstić information content (AvgIpc) is 3.35. The Labute approximate surface area is 189 Å². The molecular weight excluding hydrogens is 426 g/mol. The number of benzene rings is 2. The minimum atomic E-state index is -1.10. The molecule has 3 N–H and O–H groups in total. The molecule has 1 aromatic heterocycles. The number of nitrogens with zero attached hydrogens (tertiary/aromatic N) is 1. The number of hydrogen-bond acceptors (Lipinski definition) is 6. The molecule has 9 nitrogen and oxygen atoms in total. The van der Waals surface area contributed by atoms with E-state index in [-0.39, 0.29) is 24.0 Å². The van der Waals surface area contributed by atoms with Gasteiger partial charge in [0.25, 0.3) is 11.8 Å². The fourth-order valence-electron chi connectivity index (χ4n) is 4.18. The van der Waals surface area contributed by atoms with Crippen molar-refractivity contribution in [3.05, 3.63) is 70.9 Å². The van der Waals surface area contributed by atoms with E-state index < -0.39 is 29.7 Å². The molecule has 170 valence electrons. The van der Waals surface area contributed by atoms with E-state index in [2.05, 4.69) is 4.98 Å². The molecule has 0 spiro atoms. The molecule has 1 aliphatic heterocycles. The summed E-state index contributed by atoms with van der Waals surface area (Å²) in [5.74, 6) is -2.13. The Morgan fingerprint density at radius 3 is 2.45 bits per heavy atom. The molecule has 9 heteroatoms. The van der Waals surface area contributed by atoms with Crippen LogP contribution in [-0.2, 0) is 27.2 Å². The van der Waals surface area contributed by atoms with Crippen molar-refractivity contribution < 1.29 is 29.1 Å². The maximum atomic E-state index is 12.9. The van der Waals surface area contributed by atoms with Crippen LogP contribution in [0.15, 0.2) is 48.7 Å². The number of fused-ring (bicyclic) bond motifs is 2. The second kappa shape index (κ2) is 9.25. The molecule has 1 aliphatic rings. The van der Waals surface area contributed by atoms with Gasteiger partial charge in [-0.1, -0.05) is 24.3 Å². The first-order valence-electron chi connectivity index (χ1n) is 10.5. The zero-order chi connectivity index (χ0) is 23.5. The first-order valence-corrected chi connectivity index (χ1v) is 10.5. The van der Waals surface area contributed by atoms with Crippen molar-refractivity contribution in [1.82, 2.24) is 15.4 Å². The van der Waals surface area contributed by atoms with Crippen LogP contribution in [0.2, 0.25) is 0 Å². The van der Waals surface area contributed by atoms with Crippen LogP contribution in [0.1, 0.15) is 44.7 Å². The van der Waals surface area contributed by atoms with E-state index in [0.717, 1.165) is 26.9 Å². The number of H-pyrrole nitrogens is 1. The number of ether oxygens (including phenoxy) is 1. The number of amides is 3. The van der Waals surface area contributed by atoms with E-state index in [1.807, 2.05) is 18.2 Å². The molecule has 2 aromatic carbocycles. The summed E-state index contributed by atoms with van der Waals surface area (Å²) >= 11 is 0. The summed E-state index contributed by atoms with van der Waals surface area (Å²) in [4.78, 5) is 53.8. The lowest BCUT2D eigenvalue weighted by Crippen LogP contribution is -2.46. The van der Waals surface area contributed by atoms with Gasteiger partial charge >= 0.3 is 5.97 Å². The van der Waals surface area contributed by atoms with Crippen LogP contribution in [0.3, 0.4) is 0 Å². The van der Waals surface area contributed by atoms with Crippen molar-refractivity contribution in [2.24, 2.45) is 0 Å². The van der Waals surface area contributed by atoms with Crippen LogP contribution in [0.5, 0.6) is 0 Å². The molecule has 0 saturated carbocycles. The number of hydrogen-bond donors (Lipinski definition) is 3. The number of hydroxylamine groups is 1. The lowest BCUT2D eigenvalue weighted by molar-refractivity contribution is -0.145. The Morgan fingerprint density at radius 1 is 1.12 bits per heavy atom. The highest BCUT2D eigenvalue weighted by Crippen LogP contribution is 2.28. The second-order valence-electron chi connectivity index (χ2n) is 7.85.